The van der Waals surface area contributed by atoms with Gasteiger partial charge >= 0.3 is 0 Å². The van der Waals surface area contributed by atoms with Gasteiger partial charge in [-0.2, -0.15) is 0 Å². The normalized spacial score (nSPS) is 18.1. The quantitative estimate of drug-likeness (QED) is 0.643. The molecule has 1 aliphatic carbocycles. The maximum absolute atomic E-state index is 13.0. The molecule has 0 unspecified atom stereocenters. The van der Waals surface area contributed by atoms with Crippen LogP contribution in [0.1, 0.15) is 37.7 Å². The average molecular weight is 456 g/mol. The van der Waals surface area contributed by atoms with Gasteiger partial charge in [0.05, 0.1) is 19.8 Å². The Morgan fingerprint density at radius 3 is 2.45 bits per heavy atom. The van der Waals surface area contributed by atoms with Crippen LogP contribution in [0.25, 0.3) is 0 Å². The molecule has 1 saturated heterocycles. The highest BCUT2D eigenvalue weighted by Gasteiger charge is 2.20. The summed E-state index contributed by atoms with van der Waals surface area (Å²) in [4.78, 5) is 17.0. The predicted octanol–water partition coefficient (Wildman–Crippen LogP) is 4.30. The van der Waals surface area contributed by atoms with Crippen molar-refractivity contribution in [3.8, 4) is 11.5 Å². The lowest BCUT2D eigenvalue weighted by Gasteiger charge is -2.22. The van der Waals surface area contributed by atoms with Crippen LogP contribution in [0.5, 0.6) is 11.5 Å². The Morgan fingerprint density at radius 1 is 0.970 bits per heavy atom. The van der Waals surface area contributed by atoms with Crippen LogP contribution in [-0.2, 0) is 11.3 Å². The summed E-state index contributed by atoms with van der Waals surface area (Å²) in [7, 11) is 1.69. The molecule has 1 amide bonds. The number of rotatable bonds is 8. The van der Waals surface area contributed by atoms with Gasteiger partial charge in [-0.15, -0.1) is 0 Å². The molecule has 0 spiro atoms. The van der Waals surface area contributed by atoms with Gasteiger partial charge in [0.25, 0.3) is 0 Å². The fourth-order valence-electron chi connectivity index (χ4n) is 4.63. The van der Waals surface area contributed by atoms with Gasteiger partial charge in [-0.25, -0.2) is 4.39 Å². The Hall–Kier alpha value is -2.64. The second kappa shape index (κ2) is 11.5. The van der Waals surface area contributed by atoms with Crippen LogP contribution in [0, 0.1) is 5.82 Å². The van der Waals surface area contributed by atoms with Crippen LogP contribution in [0.15, 0.2) is 42.5 Å². The minimum atomic E-state index is -0.310. The van der Waals surface area contributed by atoms with Gasteiger partial charge in [0.2, 0.25) is 5.91 Å². The molecule has 2 aromatic rings. The maximum atomic E-state index is 13.0. The van der Waals surface area contributed by atoms with E-state index in [1.165, 1.54) is 30.5 Å². The van der Waals surface area contributed by atoms with E-state index in [4.69, 9.17) is 9.47 Å². The topological polar surface area (TPSA) is 54.0 Å². The number of nitrogens with zero attached hydrogens (tertiary/aromatic N) is 2. The summed E-state index contributed by atoms with van der Waals surface area (Å²) in [6.45, 7) is 4.79. The molecule has 0 radical (unpaired) electrons. The minimum absolute atomic E-state index is 0.0704. The maximum Gasteiger partial charge on any atom is 0.238 e. The van der Waals surface area contributed by atoms with Gasteiger partial charge < -0.3 is 14.8 Å². The van der Waals surface area contributed by atoms with E-state index < -0.39 is 0 Å². The highest BCUT2D eigenvalue weighted by atomic mass is 19.1. The molecule has 1 aliphatic heterocycles. The zero-order valence-corrected chi connectivity index (χ0v) is 19.4. The molecule has 1 saturated carbocycles. The number of halogens is 1. The Kier molecular flexibility index (Phi) is 8.18. The first-order valence-corrected chi connectivity index (χ1v) is 11.9. The van der Waals surface area contributed by atoms with Crippen LogP contribution in [0.3, 0.4) is 0 Å². The Bertz CT molecular complexity index is 915. The number of hydrogen-bond acceptors (Lipinski definition) is 5. The number of benzene rings is 2. The number of hydrogen-bond donors (Lipinski definition) is 1. The third-order valence-electron chi connectivity index (χ3n) is 6.41. The first-order chi connectivity index (χ1) is 16.1. The monoisotopic (exact) mass is 455 g/mol. The van der Waals surface area contributed by atoms with E-state index in [-0.39, 0.29) is 11.7 Å². The zero-order valence-electron chi connectivity index (χ0n) is 19.4. The third-order valence-corrected chi connectivity index (χ3v) is 6.41. The van der Waals surface area contributed by atoms with Crippen molar-refractivity contribution in [3.63, 3.8) is 0 Å². The highest BCUT2D eigenvalue weighted by Crippen LogP contribution is 2.32. The second-order valence-electron chi connectivity index (χ2n) is 8.97. The van der Waals surface area contributed by atoms with E-state index in [9.17, 15) is 9.18 Å². The largest absolute Gasteiger partial charge is 0.493 e. The molecule has 0 bridgehead atoms. The molecule has 4 rings (SSSR count). The van der Waals surface area contributed by atoms with Crippen LogP contribution >= 0.6 is 0 Å². The summed E-state index contributed by atoms with van der Waals surface area (Å²) in [5.74, 6) is 1.25. The molecule has 178 valence electrons. The van der Waals surface area contributed by atoms with E-state index in [1.807, 2.05) is 6.07 Å². The van der Waals surface area contributed by atoms with Crippen LogP contribution < -0.4 is 14.8 Å². The van der Waals surface area contributed by atoms with Gasteiger partial charge in [0, 0.05) is 25.3 Å². The minimum Gasteiger partial charge on any atom is -0.493 e. The lowest BCUT2D eigenvalue weighted by Crippen LogP contribution is -2.36. The molecule has 7 heteroatoms. The number of amides is 1. The zero-order chi connectivity index (χ0) is 23.0. The van der Waals surface area contributed by atoms with Crippen molar-refractivity contribution in [2.75, 3.05) is 45.2 Å². The van der Waals surface area contributed by atoms with E-state index in [1.54, 1.807) is 19.2 Å². The number of nitrogens with one attached hydrogen (secondary N) is 1. The summed E-state index contributed by atoms with van der Waals surface area (Å²) in [6.07, 6.45) is 6.00. The number of ether oxygens (including phenoxy) is 2. The number of carbonyl (C=O) groups excluding carboxylic acids is 1. The summed E-state index contributed by atoms with van der Waals surface area (Å²) in [5, 5.41) is 2.85. The van der Waals surface area contributed by atoms with Crippen molar-refractivity contribution in [1.82, 2.24) is 9.80 Å². The summed E-state index contributed by atoms with van der Waals surface area (Å²) in [6, 6.07) is 12.1. The van der Waals surface area contributed by atoms with Crippen molar-refractivity contribution in [2.24, 2.45) is 0 Å². The molecular weight excluding hydrogens is 421 g/mol. The van der Waals surface area contributed by atoms with E-state index in [0.29, 0.717) is 18.3 Å². The van der Waals surface area contributed by atoms with Gasteiger partial charge in [-0.3, -0.25) is 14.6 Å². The number of carbonyl (C=O) groups is 1. The molecule has 6 nitrogen and oxygen atoms in total. The van der Waals surface area contributed by atoms with Crippen LogP contribution in [0.4, 0.5) is 10.1 Å². The van der Waals surface area contributed by atoms with E-state index in [2.05, 4.69) is 27.2 Å². The van der Waals surface area contributed by atoms with E-state index >= 15 is 0 Å². The fourth-order valence-corrected chi connectivity index (χ4v) is 4.63. The van der Waals surface area contributed by atoms with Gasteiger partial charge in [0.1, 0.15) is 5.82 Å². The molecule has 2 aromatic carbocycles. The smallest absolute Gasteiger partial charge is 0.238 e. The lowest BCUT2D eigenvalue weighted by atomic mass is 10.1. The SMILES string of the molecule is COc1ccc(CN2CCCN(CC(=O)Nc3ccc(F)cc3)CC2)cc1OC1CCCC1. The summed E-state index contributed by atoms with van der Waals surface area (Å²) >= 11 is 0. The summed E-state index contributed by atoms with van der Waals surface area (Å²) < 4.78 is 24.8. The molecule has 0 atom stereocenters. The lowest BCUT2D eigenvalue weighted by molar-refractivity contribution is -0.117. The van der Waals surface area contributed by atoms with E-state index in [0.717, 1.165) is 63.5 Å². The van der Waals surface area contributed by atoms with Crippen molar-refractivity contribution >= 4 is 11.6 Å². The first kappa shape index (κ1) is 23.5. The predicted molar refractivity (Wildman–Crippen MR) is 127 cm³/mol. The third kappa shape index (κ3) is 6.92. The molecule has 2 fully saturated rings. The van der Waals surface area contributed by atoms with Crippen molar-refractivity contribution in [2.45, 2.75) is 44.8 Å². The Morgan fingerprint density at radius 2 is 1.70 bits per heavy atom. The standard InChI is InChI=1S/C26H34FN3O3/c1-32-24-12-7-20(17-25(24)33-23-5-2-3-6-23)18-29-13-4-14-30(16-15-29)19-26(31)28-22-10-8-21(27)9-11-22/h7-12,17,23H,2-6,13-16,18-19H2,1H3,(H,28,31). The molecular formula is C26H34FN3O3. The van der Waals surface area contributed by atoms with Crippen LogP contribution in [-0.4, -0.2) is 61.6 Å². The fraction of sp³-hybridized carbons (Fsp3) is 0.500. The highest BCUT2D eigenvalue weighted by molar-refractivity contribution is 5.92. The van der Waals surface area contributed by atoms with Crippen molar-refractivity contribution < 1.29 is 18.7 Å². The average Bonchev–Trinajstić information content (AvgIpc) is 3.22. The molecule has 0 aromatic heterocycles. The number of anilines is 1. The Labute approximate surface area is 195 Å². The van der Waals surface area contributed by atoms with Crippen molar-refractivity contribution in [3.05, 3.63) is 53.8 Å². The number of methoxy groups -OCH3 is 1. The first-order valence-electron chi connectivity index (χ1n) is 11.9. The van der Waals surface area contributed by atoms with Crippen LogP contribution in [0.2, 0.25) is 0 Å². The molecule has 1 heterocycles. The summed E-state index contributed by atoms with van der Waals surface area (Å²) in [5.41, 5.74) is 1.83. The molecule has 1 N–H and O–H groups in total. The second-order valence-corrected chi connectivity index (χ2v) is 8.97. The van der Waals surface area contributed by atoms with Gasteiger partial charge in [0.15, 0.2) is 11.5 Å². The molecule has 2 aliphatic rings. The molecule has 33 heavy (non-hydrogen) atoms. The van der Waals surface area contributed by atoms with Crippen molar-refractivity contribution in [1.29, 1.82) is 0 Å². The Balaban J connectivity index is 1.28. The van der Waals surface area contributed by atoms with Gasteiger partial charge in [-0.05, 0) is 87.2 Å². The van der Waals surface area contributed by atoms with Gasteiger partial charge in [-0.1, -0.05) is 6.07 Å².